The number of nitrogens with zero attached hydrogens (tertiary/aromatic N) is 4. The summed E-state index contributed by atoms with van der Waals surface area (Å²) in [6, 6.07) is 11.4. The highest BCUT2D eigenvalue weighted by Gasteiger charge is 2.31. The van der Waals surface area contributed by atoms with Crippen molar-refractivity contribution in [2.45, 2.75) is 76.4 Å². The van der Waals surface area contributed by atoms with Crippen molar-refractivity contribution in [3.05, 3.63) is 53.5 Å². The number of likely N-dealkylation sites (tertiary alicyclic amines) is 2. The third-order valence-corrected chi connectivity index (χ3v) is 8.67. The Balaban J connectivity index is 1.15. The van der Waals surface area contributed by atoms with Gasteiger partial charge in [0.1, 0.15) is 17.8 Å². The van der Waals surface area contributed by atoms with Gasteiger partial charge in [-0.2, -0.15) is 0 Å². The van der Waals surface area contributed by atoms with E-state index >= 15 is 0 Å². The molecule has 3 aliphatic rings. The average Bonchev–Trinajstić information content (AvgIpc) is 2.93. The van der Waals surface area contributed by atoms with Gasteiger partial charge >= 0.3 is 0 Å². The first-order valence-electron chi connectivity index (χ1n) is 13.9. The molecule has 3 heterocycles. The highest BCUT2D eigenvalue weighted by molar-refractivity contribution is 5.94. The lowest BCUT2D eigenvalue weighted by atomic mass is 9.78. The molecule has 0 spiro atoms. The zero-order valence-corrected chi connectivity index (χ0v) is 21.6. The van der Waals surface area contributed by atoms with Crippen molar-refractivity contribution in [2.75, 3.05) is 38.0 Å². The highest BCUT2D eigenvalue weighted by atomic mass is 16.3. The molecular formula is C29H41N5O2. The second-order valence-corrected chi connectivity index (χ2v) is 11.0. The standard InChI is InChI=1S/C29H41N5O2/c1-21-27(29(36)34-14-10-25(11-15-34)33-16-12-26(35)13-17-33)31-20-32-28(21)30-19-22-6-5-9-24(18-22)23-7-3-2-4-8-23/h2-4,7-8,20,22,24-26,35H,5-6,9-19H2,1H3,(H,30,31,32). The lowest BCUT2D eigenvalue weighted by Crippen LogP contribution is -2.49. The maximum atomic E-state index is 13.4. The topological polar surface area (TPSA) is 81.6 Å². The van der Waals surface area contributed by atoms with Crippen LogP contribution in [-0.4, -0.2) is 75.7 Å². The molecule has 7 heteroatoms. The molecule has 2 N–H and O–H groups in total. The fraction of sp³-hybridized carbons (Fsp3) is 0.621. The van der Waals surface area contributed by atoms with Crippen LogP contribution in [0.1, 0.15) is 78.9 Å². The minimum atomic E-state index is -0.144. The molecule has 2 saturated heterocycles. The van der Waals surface area contributed by atoms with Gasteiger partial charge in [-0.15, -0.1) is 0 Å². The van der Waals surface area contributed by atoms with E-state index in [1.807, 2.05) is 11.8 Å². The summed E-state index contributed by atoms with van der Waals surface area (Å²) >= 11 is 0. The Bertz CT molecular complexity index is 1000. The number of carbonyl (C=O) groups is 1. The van der Waals surface area contributed by atoms with Gasteiger partial charge in [-0.25, -0.2) is 9.97 Å². The van der Waals surface area contributed by atoms with Crippen LogP contribution in [0.3, 0.4) is 0 Å². The van der Waals surface area contributed by atoms with E-state index in [0.29, 0.717) is 23.6 Å². The molecule has 2 unspecified atom stereocenters. The Hall–Kier alpha value is -2.51. The maximum Gasteiger partial charge on any atom is 0.272 e. The van der Waals surface area contributed by atoms with Gasteiger partial charge in [-0.1, -0.05) is 36.8 Å². The molecule has 194 valence electrons. The van der Waals surface area contributed by atoms with Crippen LogP contribution in [0.15, 0.2) is 36.7 Å². The predicted octanol–water partition coefficient (Wildman–Crippen LogP) is 4.23. The van der Waals surface area contributed by atoms with Gasteiger partial charge in [-0.05, 0) is 69.3 Å². The number of aliphatic hydroxyl groups is 1. The number of piperidine rings is 2. The van der Waals surface area contributed by atoms with Gasteiger partial charge in [0, 0.05) is 44.3 Å². The molecule has 1 aromatic carbocycles. The van der Waals surface area contributed by atoms with Gasteiger partial charge in [0.15, 0.2) is 0 Å². The molecule has 1 aromatic heterocycles. The number of anilines is 1. The minimum absolute atomic E-state index is 0.0206. The monoisotopic (exact) mass is 491 g/mol. The molecule has 5 rings (SSSR count). The quantitative estimate of drug-likeness (QED) is 0.629. The number of nitrogens with one attached hydrogen (secondary N) is 1. The Morgan fingerprint density at radius 2 is 1.75 bits per heavy atom. The van der Waals surface area contributed by atoms with E-state index in [0.717, 1.165) is 69.8 Å². The predicted molar refractivity (Wildman–Crippen MR) is 142 cm³/mol. The number of benzene rings is 1. The summed E-state index contributed by atoms with van der Waals surface area (Å²) in [5.74, 6) is 2.05. The molecule has 36 heavy (non-hydrogen) atoms. The average molecular weight is 492 g/mol. The molecule has 1 amide bonds. The number of aliphatic hydroxyl groups excluding tert-OH is 1. The third kappa shape index (κ3) is 5.89. The van der Waals surface area contributed by atoms with Gasteiger partial charge in [0.25, 0.3) is 5.91 Å². The summed E-state index contributed by atoms with van der Waals surface area (Å²) < 4.78 is 0. The van der Waals surface area contributed by atoms with Gasteiger partial charge in [0.2, 0.25) is 0 Å². The van der Waals surface area contributed by atoms with Crippen molar-refractivity contribution in [3.63, 3.8) is 0 Å². The lowest BCUT2D eigenvalue weighted by molar-refractivity contribution is 0.0355. The summed E-state index contributed by atoms with van der Waals surface area (Å²) in [4.78, 5) is 26.7. The second kappa shape index (κ2) is 11.7. The fourth-order valence-electron chi connectivity index (χ4n) is 6.42. The Kier molecular flexibility index (Phi) is 8.17. The van der Waals surface area contributed by atoms with Crippen LogP contribution in [0.2, 0.25) is 0 Å². The van der Waals surface area contributed by atoms with E-state index in [2.05, 4.69) is 50.5 Å². The van der Waals surface area contributed by atoms with E-state index in [4.69, 9.17) is 0 Å². The number of aromatic nitrogens is 2. The molecule has 3 fully saturated rings. The van der Waals surface area contributed by atoms with Crippen molar-refractivity contribution >= 4 is 11.7 Å². The summed E-state index contributed by atoms with van der Waals surface area (Å²) in [5.41, 5.74) is 2.83. The van der Waals surface area contributed by atoms with E-state index < -0.39 is 0 Å². The molecule has 0 radical (unpaired) electrons. The zero-order chi connectivity index (χ0) is 24.9. The highest BCUT2D eigenvalue weighted by Crippen LogP contribution is 2.36. The molecule has 2 aliphatic heterocycles. The van der Waals surface area contributed by atoms with E-state index in [1.165, 1.54) is 37.6 Å². The molecular weight excluding hydrogens is 450 g/mol. The normalized spacial score (nSPS) is 24.6. The first-order valence-corrected chi connectivity index (χ1v) is 13.9. The number of amides is 1. The molecule has 2 aromatic rings. The van der Waals surface area contributed by atoms with Crippen LogP contribution in [0.25, 0.3) is 0 Å². The van der Waals surface area contributed by atoms with Crippen LogP contribution in [-0.2, 0) is 0 Å². The van der Waals surface area contributed by atoms with Gasteiger partial charge in [-0.3, -0.25) is 4.79 Å². The Morgan fingerprint density at radius 1 is 1.00 bits per heavy atom. The zero-order valence-electron chi connectivity index (χ0n) is 21.6. The van der Waals surface area contributed by atoms with E-state index in [1.54, 1.807) is 0 Å². The van der Waals surface area contributed by atoms with E-state index in [-0.39, 0.29) is 12.0 Å². The fourth-order valence-corrected chi connectivity index (χ4v) is 6.42. The van der Waals surface area contributed by atoms with Crippen LogP contribution < -0.4 is 5.32 Å². The largest absolute Gasteiger partial charge is 0.393 e. The van der Waals surface area contributed by atoms with Crippen molar-refractivity contribution in [1.29, 1.82) is 0 Å². The first kappa shape index (κ1) is 25.2. The number of hydrogen-bond acceptors (Lipinski definition) is 6. The van der Waals surface area contributed by atoms with Crippen molar-refractivity contribution in [2.24, 2.45) is 5.92 Å². The lowest BCUT2D eigenvalue weighted by Gasteiger charge is -2.41. The van der Waals surface area contributed by atoms with Crippen LogP contribution in [0.4, 0.5) is 5.82 Å². The number of hydrogen-bond donors (Lipinski definition) is 2. The second-order valence-electron chi connectivity index (χ2n) is 11.0. The Morgan fingerprint density at radius 3 is 2.50 bits per heavy atom. The number of rotatable bonds is 6. The van der Waals surface area contributed by atoms with E-state index in [9.17, 15) is 9.90 Å². The van der Waals surface area contributed by atoms with Crippen LogP contribution in [0.5, 0.6) is 0 Å². The third-order valence-electron chi connectivity index (χ3n) is 8.67. The summed E-state index contributed by atoms with van der Waals surface area (Å²) in [6.45, 7) is 6.30. The van der Waals surface area contributed by atoms with Crippen LogP contribution in [0, 0.1) is 12.8 Å². The summed E-state index contributed by atoms with van der Waals surface area (Å²) in [6.07, 6.45) is 10.0. The molecule has 2 atom stereocenters. The minimum Gasteiger partial charge on any atom is -0.393 e. The van der Waals surface area contributed by atoms with Crippen molar-refractivity contribution in [3.8, 4) is 0 Å². The van der Waals surface area contributed by atoms with Crippen LogP contribution >= 0.6 is 0 Å². The SMILES string of the molecule is Cc1c(NCC2CCCC(c3ccccc3)C2)ncnc1C(=O)N1CCC(N2CCC(O)CC2)CC1. The van der Waals surface area contributed by atoms with Gasteiger partial charge < -0.3 is 20.2 Å². The first-order chi connectivity index (χ1) is 17.6. The number of carbonyl (C=O) groups excluding carboxylic acids is 1. The smallest absolute Gasteiger partial charge is 0.272 e. The van der Waals surface area contributed by atoms with Gasteiger partial charge in [0.05, 0.1) is 6.10 Å². The molecule has 1 aliphatic carbocycles. The Labute approximate surface area is 215 Å². The molecule has 1 saturated carbocycles. The van der Waals surface area contributed by atoms with Crippen molar-refractivity contribution < 1.29 is 9.90 Å². The molecule has 7 nitrogen and oxygen atoms in total. The summed E-state index contributed by atoms with van der Waals surface area (Å²) in [7, 11) is 0. The van der Waals surface area contributed by atoms with Crippen molar-refractivity contribution in [1.82, 2.24) is 19.8 Å². The summed E-state index contributed by atoms with van der Waals surface area (Å²) in [5, 5.41) is 13.3. The maximum absolute atomic E-state index is 13.4. The molecule has 0 bridgehead atoms.